The minimum atomic E-state index is -0.452. The van der Waals surface area contributed by atoms with Gasteiger partial charge in [-0.05, 0) is 43.2 Å². The molecule has 0 spiro atoms. The summed E-state index contributed by atoms with van der Waals surface area (Å²) >= 11 is 0. The number of methoxy groups -OCH3 is 1. The zero-order chi connectivity index (χ0) is 20.1. The molecule has 1 atom stereocenters. The molecule has 0 bridgehead atoms. The van der Waals surface area contributed by atoms with Crippen molar-refractivity contribution >= 4 is 5.91 Å². The molecule has 0 aliphatic rings. The Balaban J connectivity index is 1.79. The van der Waals surface area contributed by atoms with Gasteiger partial charge in [0.2, 0.25) is 0 Å². The predicted octanol–water partition coefficient (Wildman–Crippen LogP) is 3.33. The van der Waals surface area contributed by atoms with Crippen LogP contribution in [0.5, 0.6) is 11.5 Å². The summed E-state index contributed by atoms with van der Waals surface area (Å²) in [6.45, 7) is 3.91. The first kappa shape index (κ1) is 19.5. The lowest BCUT2D eigenvalue weighted by molar-refractivity contribution is -0.123. The molecule has 0 saturated carbocycles. The maximum atomic E-state index is 12.7. The van der Waals surface area contributed by atoms with Gasteiger partial charge in [-0.1, -0.05) is 24.3 Å². The highest BCUT2D eigenvalue weighted by atomic mass is 16.5. The first-order chi connectivity index (χ1) is 13.5. The third kappa shape index (κ3) is 4.52. The van der Waals surface area contributed by atoms with E-state index in [1.54, 1.807) is 13.3 Å². The van der Waals surface area contributed by atoms with Crippen molar-refractivity contribution in [2.75, 3.05) is 13.7 Å². The van der Waals surface area contributed by atoms with Gasteiger partial charge in [-0.25, -0.2) is 4.98 Å². The number of nitrogens with zero attached hydrogens (tertiary/aromatic N) is 2. The molecule has 3 rings (SSSR count). The Morgan fingerprint density at radius 1 is 1.18 bits per heavy atom. The quantitative estimate of drug-likeness (QED) is 0.684. The van der Waals surface area contributed by atoms with Gasteiger partial charge in [-0.2, -0.15) is 0 Å². The van der Waals surface area contributed by atoms with Crippen LogP contribution in [-0.4, -0.2) is 29.2 Å². The summed E-state index contributed by atoms with van der Waals surface area (Å²) in [6.07, 6.45) is 3.55. The molecule has 28 heavy (non-hydrogen) atoms. The monoisotopic (exact) mass is 379 g/mol. The fraction of sp³-hybridized carbons (Fsp3) is 0.273. The summed E-state index contributed by atoms with van der Waals surface area (Å²) in [5.74, 6) is 1.84. The summed E-state index contributed by atoms with van der Waals surface area (Å²) in [6, 6.07) is 13.0. The number of para-hydroxylation sites is 1. The minimum Gasteiger partial charge on any atom is -0.496 e. The number of hydrogen-bond acceptors (Lipinski definition) is 4. The van der Waals surface area contributed by atoms with Gasteiger partial charge in [0.1, 0.15) is 23.4 Å². The Morgan fingerprint density at radius 3 is 2.54 bits per heavy atom. The molecule has 0 aliphatic heterocycles. The number of benzene rings is 2. The molecule has 1 amide bonds. The second-order valence-corrected chi connectivity index (χ2v) is 6.75. The first-order valence-electron chi connectivity index (χ1n) is 9.08. The number of rotatable bonds is 7. The lowest BCUT2D eigenvalue weighted by atomic mass is 10.0. The number of ether oxygens (including phenoxy) is 2. The van der Waals surface area contributed by atoms with Gasteiger partial charge >= 0.3 is 0 Å². The van der Waals surface area contributed by atoms with E-state index in [0.717, 1.165) is 16.7 Å². The third-order valence-electron chi connectivity index (χ3n) is 4.44. The van der Waals surface area contributed by atoms with E-state index in [1.807, 2.05) is 68.1 Å². The van der Waals surface area contributed by atoms with Crippen LogP contribution < -0.4 is 14.8 Å². The Labute approximate surface area is 165 Å². The number of carbonyl (C=O) groups excluding carboxylic acids is 1. The van der Waals surface area contributed by atoms with Crippen LogP contribution in [0.15, 0.2) is 54.9 Å². The van der Waals surface area contributed by atoms with Crippen LogP contribution in [0.1, 0.15) is 28.6 Å². The number of hydrogen-bond donors (Lipinski definition) is 1. The lowest BCUT2D eigenvalue weighted by Gasteiger charge is -2.21. The van der Waals surface area contributed by atoms with Crippen LogP contribution in [0.25, 0.3) is 0 Å². The zero-order valence-corrected chi connectivity index (χ0v) is 16.6. The van der Waals surface area contributed by atoms with Crippen molar-refractivity contribution in [1.82, 2.24) is 14.9 Å². The van der Waals surface area contributed by atoms with Crippen molar-refractivity contribution in [3.8, 4) is 11.5 Å². The molecular weight excluding hydrogens is 354 g/mol. The summed E-state index contributed by atoms with van der Waals surface area (Å²) in [4.78, 5) is 17.1. The molecule has 3 aromatic rings. The molecule has 0 saturated heterocycles. The van der Waals surface area contributed by atoms with E-state index >= 15 is 0 Å². The first-order valence-corrected chi connectivity index (χ1v) is 9.08. The molecule has 1 N–H and O–H groups in total. The van der Waals surface area contributed by atoms with Crippen LogP contribution in [0.4, 0.5) is 0 Å². The number of aromatic nitrogens is 2. The van der Waals surface area contributed by atoms with Crippen molar-refractivity contribution in [2.24, 2.45) is 7.05 Å². The molecule has 6 heteroatoms. The summed E-state index contributed by atoms with van der Waals surface area (Å²) in [7, 11) is 3.50. The van der Waals surface area contributed by atoms with Crippen molar-refractivity contribution < 1.29 is 14.3 Å². The Hall–Kier alpha value is -3.28. The van der Waals surface area contributed by atoms with Crippen molar-refractivity contribution in [1.29, 1.82) is 0 Å². The second kappa shape index (κ2) is 8.61. The maximum Gasteiger partial charge on any atom is 0.258 e. The highest BCUT2D eigenvalue weighted by Gasteiger charge is 2.24. The highest BCUT2D eigenvalue weighted by molar-refractivity contribution is 5.78. The van der Waals surface area contributed by atoms with Gasteiger partial charge in [0.25, 0.3) is 5.91 Å². The maximum absolute atomic E-state index is 12.7. The molecule has 0 unspecified atom stereocenters. The normalized spacial score (nSPS) is 11.7. The van der Waals surface area contributed by atoms with E-state index in [9.17, 15) is 4.79 Å². The molecule has 2 aromatic carbocycles. The molecule has 0 fully saturated rings. The fourth-order valence-corrected chi connectivity index (χ4v) is 3.21. The number of amides is 1. The Bertz CT molecular complexity index is 945. The van der Waals surface area contributed by atoms with Gasteiger partial charge in [0, 0.05) is 25.0 Å². The van der Waals surface area contributed by atoms with E-state index in [1.165, 1.54) is 0 Å². The van der Waals surface area contributed by atoms with Crippen LogP contribution in [0.2, 0.25) is 0 Å². The molecule has 1 aromatic heterocycles. The third-order valence-corrected chi connectivity index (χ3v) is 4.44. The van der Waals surface area contributed by atoms with Crippen molar-refractivity contribution in [3.05, 3.63) is 77.4 Å². The molecule has 0 radical (unpaired) electrons. The molecule has 6 nitrogen and oxygen atoms in total. The van der Waals surface area contributed by atoms with Crippen molar-refractivity contribution in [3.63, 3.8) is 0 Å². The van der Waals surface area contributed by atoms with E-state index < -0.39 is 6.04 Å². The largest absolute Gasteiger partial charge is 0.496 e. The van der Waals surface area contributed by atoms with Crippen LogP contribution in [0, 0.1) is 13.8 Å². The lowest BCUT2D eigenvalue weighted by Crippen LogP contribution is -2.34. The molecule has 1 heterocycles. The van der Waals surface area contributed by atoms with Gasteiger partial charge < -0.3 is 19.4 Å². The van der Waals surface area contributed by atoms with E-state index in [4.69, 9.17) is 9.47 Å². The van der Waals surface area contributed by atoms with Crippen LogP contribution in [0.3, 0.4) is 0 Å². The SMILES string of the molecule is COc1ccccc1[C@@H](NC(=O)COc1cc(C)cc(C)c1)c1nccn1C. The van der Waals surface area contributed by atoms with E-state index in [0.29, 0.717) is 17.3 Å². The number of carbonyl (C=O) groups is 1. The summed E-state index contributed by atoms with van der Waals surface area (Å²) < 4.78 is 13.1. The van der Waals surface area contributed by atoms with Gasteiger partial charge in [0.15, 0.2) is 6.61 Å². The summed E-state index contributed by atoms with van der Waals surface area (Å²) in [5, 5.41) is 3.02. The summed E-state index contributed by atoms with van der Waals surface area (Å²) in [5.41, 5.74) is 3.02. The van der Waals surface area contributed by atoms with E-state index in [2.05, 4.69) is 16.4 Å². The number of aryl methyl sites for hydroxylation is 3. The molecule has 146 valence electrons. The van der Waals surface area contributed by atoms with Gasteiger partial charge in [0.05, 0.1) is 7.11 Å². The fourth-order valence-electron chi connectivity index (χ4n) is 3.21. The van der Waals surface area contributed by atoms with Crippen LogP contribution >= 0.6 is 0 Å². The smallest absolute Gasteiger partial charge is 0.258 e. The van der Waals surface area contributed by atoms with E-state index in [-0.39, 0.29) is 12.5 Å². The predicted molar refractivity (Wildman–Crippen MR) is 108 cm³/mol. The zero-order valence-electron chi connectivity index (χ0n) is 16.6. The van der Waals surface area contributed by atoms with Crippen LogP contribution in [-0.2, 0) is 11.8 Å². The minimum absolute atomic E-state index is 0.0844. The number of nitrogens with one attached hydrogen (secondary N) is 1. The topological polar surface area (TPSA) is 65.4 Å². The molecule has 0 aliphatic carbocycles. The average molecular weight is 379 g/mol. The highest BCUT2D eigenvalue weighted by Crippen LogP contribution is 2.29. The van der Waals surface area contributed by atoms with Gasteiger partial charge in [-0.3, -0.25) is 4.79 Å². The second-order valence-electron chi connectivity index (χ2n) is 6.75. The molecular formula is C22H25N3O3. The Morgan fingerprint density at radius 2 is 1.89 bits per heavy atom. The Kier molecular flexibility index (Phi) is 5.99. The number of imidazole rings is 1. The van der Waals surface area contributed by atoms with Crippen molar-refractivity contribution in [2.45, 2.75) is 19.9 Å². The standard InChI is InChI=1S/C22H25N3O3/c1-15-11-16(2)13-17(12-15)28-14-20(26)24-21(22-23-9-10-25(22)3)18-7-5-6-8-19(18)27-4/h5-13,21H,14H2,1-4H3,(H,24,26)/t21-/m1/s1. The average Bonchev–Trinajstić information content (AvgIpc) is 3.09. The van der Waals surface area contributed by atoms with Gasteiger partial charge in [-0.15, -0.1) is 0 Å².